The van der Waals surface area contributed by atoms with Gasteiger partial charge in [0.05, 0.1) is 17.2 Å². The first-order valence-electron chi connectivity index (χ1n) is 8.21. The van der Waals surface area contributed by atoms with E-state index < -0.39 is 4.92 Å². The summed E-state index contributed by atoms with van der Waals surface area (Å²) in [6, 6.07) is 16.0. The number of anilines is 1. The fourth-order valence-electron chi connectivity index (χ4n) is 2.73. The molecule has 0 bridgehead atoms. The molecule has 134 valence electrons. The Hall–Kier alpha value is -3.19. The first kappa shape index (κ1) is 17.6. The maximum Gasteiger partial charge on any atom is 0.295 e. The first-order valence-corrected chi connectivity index (χ1v) is 8.21. The van der Waals surface area contributed by atoms with Crippen LogP contribution in [0.1, 0.15) is 11.8 Å². The highest BCUT2D eigenvalue weighted by atomic mass is 16.6. The first-order chi connectivity index (χ1) is 12.6. The Morgan fingerprint density at radius 1 is 1.15 bits per heavy atom. The quantitative estimate of drug-likeness (QED) is 0.512. The highest BCUT2D eigenvalue weighted by Crippen LogP contribution is 2.29. The van der Waals surface area contributed by atoms with E-state index in [-0.39, 0.29) is 11.7 Å². The van der Waals surface area contributed by atoms with Gasteiger partial charge in [-0.1, -0.05) is 30.3 Å². The summed E-state index contributed by atoms with van der Waals surface area (Å²) in [7, 11) is 3.93. The lowest BCUT2D eigenvalue weighted by molar-refractivity contribution is -0.384. The number of likely N-dealkylation sites (N-methyl/N-ethyl adjacent to an activating group) is 1. The Morgan fingerprint density at radius 3 is 2.54 bits per heavy atom. The number of hydrogen-bond donors (Lipinski definition) is 1. The average Bonchev–Trinajstić information content (AvgIpc) is 3.16. The topological polar surface area (TPSA) is 84.4 Å². The number of nitro groups is 1. The molecule has 0 radical (unpaired) electrons. The van der Waals surface area contributed by atoms with Gasteiger partial charge in [0.15, 0.2) is 5.69 Å². The van der Waals surface area contributed by atoms with Crippen LogP contribution in [0.5, 0.6) is 0 Å². The molecule has 0 spiro atoms. The van der Waals surface area contributed by atoms with Crippen LogP contribution in [0.4, 0.5) is 11.5 Å². The van der Waals surface area contributed by atoms with Crippen LogP contribution < -0.4 is 5.32 Å². The van der Waals surface area contributed by atoms with Gasteiger partial charge in [-0.3, -0.25) is 15.0 Å². The van der Waals surface area contributed by atoms with Crippen molar-refractivity contribution in [3.05, 3.63) is 76.7 Å². The van der Waals surface area contributed by atoms with E-state index in [1.807, 2.05) is 61.5 Å². The van der Waals surface area contributed by atoms with Crippen molar-refractivity contribution in [1.29, 1.82) is 0 Å². The molecule has 2 aromatic heterocycles. The lowest BCUT2D eigenvalue weighted by atomic mass is 10.1. The Morgan fingerprint density at radius 2 is 1.92 bits per heavy atom. The number of nitrogens with zero attached hydrogens (tertiary/aromatic N) is 3. The maximum atomic E-state index is 11.3. The summed E-state index contributed by atoms with van der Waals surface area (Å²) in [6.45, 7) is 0.555. The van der Waals surface area contributed by atoms with Crippen molar-refractivity contribution in [2.24, 2.45) is 0 Å². The minimum Gasteiger partial charge on any atom is -0.468 e. The number of hydrogen-bond acceptors (Lipinski definition) is 6. The molecule has 2 heterocycles. The van der Waals surface area contributed by atoms with Crippen molar-refractivity contribution in [3.8, 4) is 11.3 Å². The SMILES string of the molecule is CN(C)C(CNc1ccc([N+](=O)[O-])c(-c2ccccc2)n1)c1ccco1. The summed E-state index contributed by atoms with van der Waals surface area (Å²) in [5, 5.41) is 14.6. The van der Waals surface area contributed by atoms with Gasteiger partial charge in [-0.05, 0) is 32.3 Å². The van der Waals surface area contributed by atoms with E-state index in [9.17, 15) is 10.1 Å². The van der Waals surface area contributed by atoms with Gasteiger partial charge in [0.25, 0.3) is 5.69 Å². The summed E-state index contributed by atoms with van der Waals surface area (Å²) in [5.74, 6) is 1.42. The molecule has 1 unspecified atom stereocenters. The van der Waals surface area contributed by atoms with Gasteiger partial charge in [-0.2, -0.15) is 0 Å². The molecule has 1 aromatic carbocycles. The van der Waals surface area contributed by atoms with Gasteiger partial charge < -0.3 is 9.73 Å². The van der Waals surface area contributed by atoms with Crippen molar-refractivity contribution in [2.45, 2.75) is 6.04 Å². The Kier molecular flexibility index (Phi) is 5.28. The standard InChI is InChI=1S/C19H20N4O3/c1-22(2)16(17-9-6-12-26-17)13-20-18-11-10-15(23(24)25)19(21-18)14-7-4-3-5-8-14/h3-12,16H,13H2,1-2H3,(H,20,21). The van der Waals surface area contributed by atoms with E-state index in [0.717, 1.165) is 5.76 Å². The number of aromatic nitrogens is 1. The lowest BCUT2D eigenvalue weighted by Crippen LogP contribution is -2.26. The molecule has 1 atom stereocenters. The molecule has 7 heteroatoms. The van der Waals surface area contributed by atoms with E-state index >= 15 is 0 Å². The molecule has 3 rings (SSSR count). The lowest BCUT2D eigenvalue weighted by Gasteiger charge is -2.23. The number of rotatable bonds is 7. The predicted octanol–water partition coefficient (Wildman–Crippen LogP) is 3.96. The fourth-order valence-corrected chi connectivity index (χ4v) is 2.73. The highest BCUT2D eigenvalue weighted by molar-refractivity contribution is 5.71. The van der Waals surface area contributed by atoms with Gasteiger partial charge in [0.1, 0.15) is 11.6 Å². The van der Waals surface area contributed by atoms with Crippen molar-refractivity contribution in [3.63, 3.8) is 0 Å². The van der Waals surface area contributed by atoms with Gasteiger partial charge in [0, 0.05) is 18.2 Å². The minimum atomic E-state index is -0.412. The number of furan rings is 1. The third-order valence-corrected chi connectivity index (χ3v) is 4.09. The summed E-state index contributed by atoms with van der Waals surface area (Å²) < 4.78 is 5.50. The van der Waals surface area contributed by atoms with Gasteiger partial charge >= 0.3 is 0 Å². The third kappa shape index (κ3) is 3.89. The van der Waals surface area contributed by atoms with Crippen LogP contribution in [0.15, 0.2) is 65.3 Å². The molecule has 0 saturated carbocycles. The molecule has 0 saturated heterocycles. The van der Waals surface area contributed by atoms with E-state index in [2.05, 4.69) is 10.3 Å². The molecule has 26 heavy (non-hydrogen) atoms. The zero-order valence-corrected chi connectivity index (χ0v) is 14.6. The number of benzene rings is 1. The molecule has 0 aliphatic carbocycles. The second-order valence-electron chi connectivity index (χ2n) is 6.06. The van der Waals surface area contributed by atoms with E-state index in [0.29, 0.717) is 23.6 Å². The summed E-state index contributed by atoms with van der Waals surface area (Å²) in [5.41, 5.74) is 1.04. The Bertz CT molecular complexity index is 864. The monoisotopic (exact) mass is 352 g/mol. The number of pyridine rings is 1. The molecule has 3 aromatic rings. The van der Waals surface area contributed by atoms with Crippen LogP contribution in [0, 0.1) is 10.1 Å². The second kappa shape index (κ2) is 7.79. The molecular weight excluding hydrogens is 332 g/mol. The van der Waals surface area contributed by atoms with Crippen LogP contribution in [-0.2, 0) is 0 Å². The maximum absolute atomic E-state index is 11.3. The average molecular weight is 352 g/mol. The zero-order valence-electron chi connectivity index (χ0n) is 14.6. The van der Waals surface area contributed by atoms with Crippen LogP contribution in [0.3, 0.4) is 0 Å². The highest BCUT2D eigenvalue weighted by Gasteiger charge is 2.20. The normalized spacial score (nSPS) is 12.1. The van der Waals surface area contributed by atoms with Crippen LogP contribution in [0.2, 0.25) is 0 Å². The molecule has 1 N–H and O–H groups in total. The summed E-state index contributed by atoms with van der Waals surface area (Å²) in [6.07, 6.45) is 1.64. The van der Waals surface area contributed by atoms with Crippen LogP contribution in [0.25, 0.3) is 11.3 Å². The largest absolute Gasteiger partial charge is 0.468 e. The van der Waals surface area contributed by atoms with E-state index in [1.165, 1.54) is 6.07 Å². The van der Waals surface area contributed by atoms with Crippen molar-refractivity contribution >= 4 is 11.5 Å². The van der Waals surface area contributed by atoms with Gasteiger partial charge in [0.2, 0.25) is 0 Å². The fraction of sp³-hybridized carbons (Fsp3) is 0.211. The van der Waals surface area contributed by atoms with Crippen LogP contribution >= 0.6 is 0 Å². The molecular formula is C19H20N4O3. The third-order valence-electron chi connectivity index (χ3n) is 4.09. The van der Waals surface area contributed by atoms with Crippen molar-refractivity contribution < 1.29 is 9.34 Å². The van der Waals surface area contributed by atoms with Gasteiger partial charge in [-0.15, -0.1) is 0 Å². The predicted molar refractivity (Wildman–Crippen MR) is 100.0 cm³/mol. The van der Waals surface area contributed by atoms with E-state index in [1.54, 1.807) is 12.3 Å². The zero-order chi connectivity index (χ0) is 18.5. The smallest absolute Gasteiger partial charge is 0.295 e. The van der Waals surface area contributed by atoms with Crippen molar-refractivity contribution in [1.82, 2.24) is 9.88 Å². The molecule has 7 nitrogen and oxygen atoms in total. The molecule has 0 amide bonds. The minimum absolute atomic E-state index is 0.0159. The van der Waals surface area contributed by atoms with E-state index in [4.69, 9.17) is 4.42 Å². The second-order valence-corrected chi connectivity index (χ2v) is 6.06. The molecule has 0 aliphatic rings. The van der Waals surface area contributed by atoms with Crippen LogP contribution in [-0.4, -0.2) is 35.4 Å². The molecule has 0 aliphatic heterocycles. The summed E-state index contributed by atoms with van der Waals surface area (Å²) in [4.78, 5) is 17.4. The number of nitrogens with one attached hydrogen (secondary N) is 1. The Labute approximate surface area is 151 Å². The summed E-state index contributed by atoms with van der Waals surface area (Å²) >= 11 is 0. The molecule has 0 fully saturated rings. The van der Waals surface area contributed by atoms with Gasteiger partial charge in [-0.25, -0.2) is 4.98 Å². The Balaban J connectivity index is 1.86. The van der Waals surface area contributed by atoms with Crippen molar-refractivity contribution in [2.75, 3.05) is 26.0 Å².